The smallest absolute Gasteiger partial charge is 0.214 e. The third kappa shape index (κ3) is 2.83. The van der Waals surface area contributed by atoms with Crippen molar-refractivity contribution in [2.45, 2.75) is 25.6 Å². The fourth-order valence-corrected chi connectivity index (χ4v) is 4.02. The molecule has 1 aromatic heterocycles. The second kappa shape index (κ2) is 6.91. The molecule has 0 aliphatic carbocycles. The quantitative estimate of drug-likeness (QED) is 0.580. The Kier molecular flexibility index (Phi) is 4.24. The maximum Gasteiger partial charge on any atom is 0.214 e. The number of hydrogen-bond acceptors (Lipinski definition) is 5. The molecule has 3 aromatic rings. The van der Waals surface area contributed by atoms with Gasteiger partial charge in [0.05, 0.1) is 18.9 Å². The zero-order chi connectivity index (χ0) is 19.1. The molecule has 0 N–H and O–H groups in total. The molecule has 6 heteroatoms. The molecule has 3 heterocycles. The number of para-hydroxylation sites is 1. The summed E-state index contributed by atoms with van der Waals surface area (Å²) in [6, 6.07) is 17.6. The Morgan fingerprint density at radius 2 is 2.07 bits per heavy atom. The zero-order valence-corrected chi connectivity index (χ0v) is 16.1. The van der Waals surface area contributed by atoms with Crippen LogP contribution in [0.1, 0.15) is 42.5 Å². The van der Waals surface area contributed by atoms with Gasteiger partial charge in [-0.1, -0.05) is 35.9 Å². The van der Waals surface area contributed by atoms with E-state index >= 15 is 0 Å². The normalized spacial score (nSPS) is 20.2. The second-order valence-corrected chi connectivity index (χ2v) is 7.19. The van der Waals surface area contributed by atoms with Crippen molar-refractivity contribution < 1.29 is 13.9 Å². The average molecular weight is 395 g/mol. The summed E-state index contributed by atoms with van der Waals surface area (Å²) in [6.07, 6.45) is 2.00. The molecule has 2 aromatic carbocycles. The van der Waals surface area contributed by atoms with E-state index in [-0.39, 0.29) is 6.04 Å². The Balaban J connectivity index is 1.63. The summed E-state index contributed by atoms with van der Waals surface area (Å²) in [6.45, 7) is 2.54. The lowest BCUT2D eigenvalue weighted by molar-refractivity contribution is -0.0212. The molecule has 2 aliphatic heterocycles. The fraction of sp³-hybridized carbons (Fsp3) is 0.227. The molecule has 5 rings (SSSR count). The minimum absolute atomic E-state index is 0.0354. The van der Waals surface area contributed by atoms with Crippen LogP contribution in [-0.2, 0) is 0 Å². The number of hydrazone groups is 1. The summed E-state index contributed by atoms with van der Waals surface area (Å²) in [4.78, 5) is 0. The Hall–Kier alpha value is -2.92. The van der Waals surface area contributed by atoms with Crippen molar-refractivity contribution in [3.05, 3.63) is 82.8 Å². The van der Waals surface area contributed by atoms with Gasteiger partial charge in [-0.15, -0.1) is 0 Å². The average Bonchev–Trinajstić information content (AvgIpc) is 3.38. The number of rotatable bonds is 4. The molecule has 0 fully saturated rings. The first-order chi connectivity index (χ1) is 13.7. The van der Waals surface area contributed by atoms with E-state index in [4.69, 9.17) is 30.6 Å². The molecular weight excluding hydrogens is 376 g/mol. The Morgan fingerprint density at radius 1 is 1.18 bits per heavy atom. The van der Waals surface area contributed by atoms with Gasteiger partial charge in [-0.3, -0.25) is 0 Å². The Morgan fingerprint density at radius 3 is 2.86 bits per heavy atom. The minimum atomic E-state index is -0.398. The van der Waals surface area contributed by atoms with Crippen LogP contribution in [0, 0.1) is 0 Å². The lowest BCUT2D eigenvalue weighted by Gasteiger charge is -2.38. The first kappa shape index (κ1) is 17.2. The topological polar surface area (TPSA) is 47.2 Å². The molecule has 142 valence electrons. The summed E-state index contributed by atoms with van der Waals surface area (Å²) in [7, 11) is 0. The van der Waals surface area contributed by atoms with Crippen LogP contribution < -0.4 is 9.47 Å². The van der Waals surface area contributed by atoms with E-state index in [1.54, 1.807) is 6.26 Å². The van der Waals surface area contributed by atoms with Crippen LogP contribution in [0.5, 0.6) is 11.5 Å². The maximum absolute atomic E-state index is 6.44. The number of nitrogens with zero attached hydrogens (tertiary/aromatic N) is 2. The SMILES string of the molecule is CCOc1cccc2c1OC(c1cccc(Cl)c1)N1N=C(c3ccco3)CC21. The van der Waals surface area contributed by atoms with Gasteiger partial charge in [-0.2, -0.15) is 5.10 Å². The molecule has 0 saturated carbocycles. The van der Waals surface area contributed by atoms with Gasteiger partial charge in [0, 0.05) is 22.6 Å². The third-order valence-electron chi connectivity index (χ3n) is 5.02. The minimum Gasteiger partial charge on any atom is -0.490 e. The monoisotopic (exact) mass is 394 g/mol. The van der Waals surface area contributed by atoms with Crippen molar-refractivity contribution in [3.63, 3.8) is 0 Å². The number of hydrogen-bond donors (Lipinski definition) is 0. The number of fused-ring (bicyclic) bond motifs is 3. The van der Waals surface area contributed by atoms with Crippen LogP contribution in [0.4, 0.5) is 0 Å². The van der Waals surface area contributed by atoms with E-state index in [1.165, 1.54) is 0 Å². The van der Waals surface area contributed by atoms with Gasteiger partial charge in [-0.05, 0) is 37.3 Å². The highest BCUT2D eigenvalue weighted by molar-refractivity contribution is 6.30. The predicted octanol–water partition coefficient (Wildman–Crippen LogP) is 5.57. The van der Waals surface area contributed by atoms with Crippen molar-refractivity contribution in [3.8, 4) is 11.5 Å². The van der Waals surface area contributed by atoms with Gasteiger partial charge in [0.2, 0.25) is 6.23 Å². The number of benzene rings is 2. The molecule has 2 aliphatic rings. The largest absolute Gasteiger partial charge is 0.490 e. The summed E-state index contributed by atoms with van der Waals surface area (Å²) in [5.74, 6) is 2.30. The van der Waals surface area contributed by atoms with Crippen molar-refractivity contribution >= 4 is 17.3 Å². The molecule has 0 radical (unpaired) electrons. The lowest BCUT2D eigenvalue weighted by Crippen LogP contribution is -2.33. The van der Waals surface area contributed by atoms with Gasteiger partial charge < -0.3 is 13.9 Å². The molecular formula is C22H19ClN2O3. The van der Waals surface area contributed by atoms with Gasteiger partial charge in [0.1, 0.15) is 11.5 Å². The van der Waals surface area contributed by atoms with Crippen LogP contribution in [0.3, 0.4) is 0 Å². The van der Waals surface area contributed by atoms with E-state index in [9.17, 15) is 0 Å². The van der Waals surface area contributed by atoms with Crippen LogP contribution in [0.2, 0.25) is 5.02 Å². The van der Waals surface area contributed by atoms with Gasteiger partial charge >= 0.3 is 0 Å². The van der Waals surface area contributed by atoms with E-state index in [0.29, 0.717) is 11.6 Å². The van der Waals surface area contributed by atoms with Crippen molar-refractivity contribution in [2.75, 3.05) is 6.61 Å². The highest BCUT2D eigenvalue weighted by Crippen LogP contribution is 2.50. The lowest BCUT2D eigenvalue weighted by atomic mass is 9.97. The highest BCUT2D eigenvalue weighted by atomic mass is 35.5. The Bertz CT molecular complexity index is 1030. The van der Waals surface area contributed by atoms with Gasteiger partial charge in [-0.25, -0.2) is 5.01 Å². The van der Waals surface area contributed by atoms with Crippen LogP contribution in [0.15, 0.2) is 70.4 Å². The fourth-order valence-electron chi connectivity index (χ4n) is 3.82. The van der Waals surface area contributed by atoms with Crippen LogP contribution in [0.25, 0.3) is 0 Å². The summed E-state index contributed by atoms with van der Waals surface area (Å²) in [5, 5.41) is 7.53. The number of ether oxygens (including phenoxy) is 2. The highest BCUT2D eigenvalue weighted by Gasteiger charge is 2.42. The van der Waals surface area contributed by atoms with E-state index in [1.807, 2.05) is 60.5 Å². The first-order valence-corrected chi connectivity index (χ1v) is 9.70. The predicted molar refractivity (Wildman–Crippen MR) is 107 cm³/mol. The molecule has 28 heavy (non-hydrogen) atoms. The Labute approximate surface area is 168 Å². The summed E-state index contributed by atoms with van der Waals surface area (Å²) in [5.41, 5.74) is 2.91. The van der Waals surface area contributed by atoms with Crippen LogP contribution >= 0.6 is 11.6 Å². The van der Waals surface area contributed by atoms with E-state index in [2.05, 4.69) is 6.07 Å². The zero-order valence-electron chi connectivity index (χ0n) is 15.3. The molecule has 2 atom stereocenters. The maximum atomic E-state index is 6.44. The molecule has 0 saturated heterocycles. The van der Waals surface area contributed by atoms with Gasteiger partial charge in [0.25, 0.3) is 0 Å². The number of furan rings is 1. The molecule has 2 unspecified atom stereocenters. The number of halogens is 1. The summed E-state index contributed by atoms with van der Waals surface area (Å²) >= 11 is 6.25. The second-order valence-electron chi connectivity index (χ2n) is 6.76. The van der Waals surface area contributed by atoms with E-state index < -0.39 is 6.23 Å². The van der Waals surface area contributed by atoms with Crippen molar-refractivity contribution in [2.24, 2.45) is 5.10 Å². The summed E-state index contributed by atoms with van der Waals surface area (Å²) < 4.78 is 17.9. The molecule has 0 bridgehead atoms. The molecule has 0 amide bonds. The first-order valence-electron chi connectivity index (χ1n) is 9.32. The molecule has 0 spiro atoms. The van der Waals surface area contributed by atoms with Crippen molar-refractivity contribution in [1.82, 2.24) is 5.01 Å². The third-order valence-corrected chi connectivity index (χ3v) is 5.25. The van der Waals surface area contributed by atoms with Gasteiger partial charge in [0.15, 0.2) is 11.5 Å². The molecule has 5 nitrogen and oxygen atoms in total. The van der Waals surface area contributed by atoms with E-state index in [0.717, 1.165) is 40.5 Å². The standard InChI is InChI=1S/C22H19ClN2O3/c1-2-26-20-9-4-8-16-18-13-17(19-10-5-11-27-19)24-25(18)22(28-21(16)20)14-6-3-7-15(23)12-14/h3-12,18,22H,2,13H2,1H3. The van der Waals surface area contributed by atoms with Crippen molar-refractivity contribution in [1.29, 1.82) is 0 Å². The van der Waals surface area contributed by atoms with Crippen LogP contribution in [-0.4, -0.2) is 17.3 Å².